The van der Waals surface area contributed by atoms with Gasteiger partial charge in [0.1, 0.15) is 12.1 Å². The van der Waals surface area contributed by atoms with E-state index in [1.165, 1.54) is 0 Å². The highest BCUT2D eigenvalue weighted by molar-refractivity contribution is 5.90. The van der Waals surface area contributed by atoms with Crippen molar-refractivity contribution in [3.05, 3.63) is 29.8 Å². The van der Waals surface area contributed by atoms with Gasteiger partial charge in [0, 0.05) is 25.1 Å². The minimum Gasteiger partial charge on any atom is -0.461 e. The molecule has 9 heteroatoms. The normalized spacial score (nSPS) is 14.9. The third kappa shape index (κ3) is 12.5. The zero-order chi connectivity index (χ0) is 26.4. The van der Waals surface area contributed by atoms with Gasteiger partial charge in [-0.05, 0) is 77.0 Å². The zero-order valence-corrected chi connectivity index (χ0v) is 21.9. The predicted molar refractivity (Wildman–Crippen MR) is 137 cm³/mol. The number of benzene rings is 1. The number of unbranched alkanes of at least 4 members (excludes halogenated alkanes) is 3. The summed E-state index contributed by atoms with van der Waals surface area (Å²) in [4.78, 5) is 36.1. The van der Waals surface area contributed by atoms with Gasteiger partial charge in [-0.1, -0.05) is 25.0 Å². The van der Waals surface area contributed by atoms with Gasteiger partial charge in [0.2, 0.25) is 11.8 Å². The monoisotopic (exact) mass is 505 g/mol. The molecule has 1 fully saturated rings. The van der Waals surface area contributed by atoms with Crippen LogP contribution in [0.4, 0.5) is 5.69 Å². The van der Waals surface area contributed by atoms with E-state index in [0.717, 1.165) is 50.5 Å². The van der Waals surface area contributed by atoms with E-state index in [9.17, 15) is 14.4 Å². The lowest BCUT2D eigenvalue weighted by molar-refractivity contribution is -0.154. The van der Waals surface area contributed by atoms with Crippen molar-refractivity contribution >= 4 is 23.5 Å². The summed E-state index contributed by atoms with van der Waals surface area (Å²) in [7, 11) is 0. The van der Waals surface area contributed by atoms with Gasteiger partial charge in [0.05, 0.1) is 12.2 Å². The van der Waals surface area contributed by atoms with Gasteiger partial charge in [-0.25, -0.2) is 5.48 Å². The first-order chi connectivity index (χ1) is 17.2. The molecule has 0 radical (unpaired) electrons. The maximum atomic E-state index is 12.8. The number of hydrogen-bond donors (Lipinski definition) is 4. The zero-order valence-electron chi connectivity index (χ0n) is 21.9. The summed E-state index contributed by atoms with van der Waals surface area (Å²) in [5.41, 5.74) is 2.89. The van der Waals surface area contributed by atoms with Crippen molar-refractivity contribution in [2.45, 2.75) is 109 Å². The van der Waals surface area contributed by atoms with Gasteiger partial charge in [-0.15, -0.1) is 0 Å². The number of anilines is 1. The molecular formula is C27H43N3O6. The summed E-state index contributed by atoms with van der Waals surface area (Å²) in [6.07, 6.45) is 7.77. The van der Waals surface area contributed by atoms with Crippen LogP contribution in [0.5, 0.6) is 0 Å². The van der Waals surface area contributed by atoms with Crippen LogP contribution in [0.2, 0.25) is 0 Å². The largest absolute Gasteiger partial charge is 0.461 e. The quantitative estimate of drug-likeness (QED) is 0.122. The van der Waals surface area contributed by atoms with Crippen molar-refractivity contribution in [3.63, 3.8) is 0 Å². The number of nitrogens with one attached hydrogen (secondary N) is 3. The summed E-state index contributed by atoms with van der Waals surface area (Å²) < 4.78 is 11.6. The Morgan fingerprint density at radius 3 is 2.33 bits per heavy atom. The van der Waals surface area contributed by atoms with E-state index in [0.29, 0.717) is 25.1 Å². The minimum atomic E-state index is -0.577. The fourth-order valence-electron chi connectivity index (χ4n) is 4.00. The Bertz CT molecular complexity index is 833. The van der Waals surface area contributed by atoms with Crippen molar-refractivity contribution in [2.75, 3.05) is 11.9 Å². The molecule has 1 saturated carbocycles. The van der Waals surface area contributed by atoms with Crippen molar-refractivity contribution in [1.29, 1.82) is 0 Å². The van der Waals surface area contributed by atoms with Crippen LogP contribution in [0, 0.1) is 0 Å². The summed E-state index contributed by atoms with van der Waals surface area (Å²) in [6.45, 7) is 6.51. The van der Waals surface area contributed by atoms with E-state index in [4.69, 9.17) is 14.7 Å². The summed E-state index contributed by atoms with van der Waals surface area (Å²) in [5, 5.41) is 14.7. The molecule has 0 saturated heterocycles. The molecule has 1 atom stereocenters. The highest BCUT2D eigenvalue weighted by Crippen LogP contribution is 2.22. The van der Waals surface area contributed by atoms with Crippen LogP contribution in [-0.2, 0) is 30.4 Å². The van der Waals surface area contributed by atoms with Crippen LogP contribution in [0.3, 0.4) is 0 Å². The molecule has 1 aliphatic rings. The second-order valence-electron chi connectivity index (χ2n) is 10.4. The molecule has 0 bridgehead atoms. The molecular weight excluding hydrogens is 462 g/mol. The maximum absolute atomic E-state index is 12.8. The molecule has 1 aromatic rings. The maximum Gasteiger partial charge on any atom is 0.325 e. The number of hydrogen-bond acceptors (Lipinski definition) is 7. The third-order valence-corrected chi connectivity index (χ3v) is 6.00. The number of rotatable bonds is 15. The van der Waals surface area contributed by atoms with E-state index >= 15 is 0 Å². The Balaban J connectivity index is 1.81. The van der Waals surface area contributed by atoms with E-state index < -0.39 is 6.04 Å². The van der Waals surface area contributed by atoms with E-state index in [-0.39, 0.29) is 42.5 Å². The van der Waals surface area contributed by atoms with Gasteiger partial charge in [-0.3, -0.25) is 24.9 Å². The second-order valence-corrected chi connectivity index (χ2v) is 10.4. The third-order valence-electron chi connectivity index (χ3n) is 6.00. The molecule has 2 rings (SSSR count). The average Bonchev–Trinajstić information content (AvgIpc) is 3.33. The van der Waals surface area contributed by atoms with Crippen LogP contribution in [0.25, 0.3) is 0 Å². The predicted octanol–water partition coefficient (Wildman–Crippen LogP) is 4.23. The highest BCUT2D eigenvalue weighted by atomic mass is 16.6. The standard InChI is InChI=1S/C27H43N3O6/c1-27(2,3)35-19-23(26(33)36-22-13-8-9-14-22)28-18-20-11-10-12-21(17-20)29-24(31)15-6-4-5-7-16-25(32)30-34/h10-12,17,22-23,28,34H,4-9,13-16,18-19H2,1-3H3,(H,29,31)(H,30,32)/t23-/m1/s1. The Morgan fingerprint density at radius 2 is 1.69 bits per heavy atom. The van der Waals surface area contributed by atoms with Crippen LogP contribution in [-0.4, -0.2) is 47.3 Å². The molecule has 0 unspecified atom stereocenters. The first kappa shape index (κ1) is 29.7. The number of ether oxygens (including phenoxy) is 2. The number of carbonyl (C=O) groups is 3. The van der Waals surface area contributed by atoms with E-state index in [1.807, 2.05) is 45.0 Å². The SMILES string of the molecule is CC(C)(C)OC[C@@H](NCc1cccc(NC(=O)CCCCCCC(=O)NO)c1)C(=O)OC1CCCC1. The molecule has 1 aliphatic carbocycles. The van der Waals surface area contributed by atoms with Crippen molar-refractivity contribution < 1.29 is 29.1 Å². The minimum absolute atomic E-state index is 0.00461. The molecule has 36 heavy (non-hydrogen) atoms. The second kappa shape index (κ2) is 15.6. The summed E-state index contributed by atoms with van der Waals surface area (Å²) >= 11 is 0. The lowest BCUT2D eigenvalue weighted by Crippen LogP contribution is -2.44. The molecule has 0 aromatic heterocycles. The van der Waals surface area contributed by atoms with E-state index in [2.05, 4.69) is 10.6 Å². The van der Waals surface area contributed by atoms with Gasteiger partial charge < -0.3 is 14.8 Å². The van der Waals surface area contributed by atoms with Gasteiger partial charge in [0.15, 0.2) is 0 Å². The number of amides is 2. The van der Waals surface area contributed by atoms with Crippen molar-refractivity contribution in [3.8, 4) is 0 Å². The molecule has 0 aliphatic heterocycles. The van der Waals surface area contributed by atoms with Gasteiger partial charge in [0.25, 0.3) is 0 Å². The Hall–Kier alpha value is -2.49. The number of esters is 1. The Morgan fingerprint density at radius 1 is 1.03 bits per heavy atom. The molecule has 0 heterocycles. The average molecular weight is 506 g/mol. The highest BCUT2D eigenvalue weighted by Gasteiger charge is 2.27. The smallest absolute Gasteiger partial charge is 0.325 e. The summed E-state index contributed by atoms with van der Waals surface area (Å²) in [5.74, 6) is -0.738. The molecule has 4 N–H and O–H groups in total. The van der Waals surface area contributed by atoms with Crippen molar-refractivity contribution in [1.82, 2.24) is 10.8 Å². The number of carbonyl (C=O) groups excluding carboxylic acids is 3. The molecule has 0 spiro atoms. The summed E-state index contributed by atoms with van der Waals surface area (Å²) in [6, 6.07) is 6.96. The Kier molecular flexibility index (Phi) is 12.9. The molecule has 9 nitrogen and oxygen atoms in total. The molecule has 202 valence electrons. The fourth-order valence-corrected chi connectivity index (χ4v) is 4.00. The lowest BCUT2D eigenvalue weighted by Gasteiger charge is -2.25. The first-order valence-electron chi connectivity index (χ1n) is 13.1. The van der Waals surface area contributed by atoms with Crippen LogP contribution < -0.4 is 16.1 Å². The van der Waals surface area contributed by atoms with Crippen LogP contribution >= 0.6 is 0 Å². The van der Waals surface area contributed by atoms with Crippen LogP contribution in [0.1, 0.15) is 90.5 Å². The Labute approximate surface area is 214 Å². The number of hydroxylamine groups is 1. The fraction of sp³-hybridized carbons (Fsp3) is 0.667. The van der Waals surface area contributed by atoms with Crippen molar-refractivity contribution in [2.24, 2.45) is 0 Å². The lowest BCUT2D eigenvalue weighted by atomic mass is 10.1. The van der Waals surface area contributed by atoms with E-state index in [1.54, 1.807) is 5.48 Å². The molecule has 1 aromatic carbocycles. The van der Waals surface area contributed by atoms with Gasteiger partial charge in [-0.2, -0.15) is 0 Å². The topological polar surface area (TPSA) is 126 Å². The first-order valence-corrected chi connectivity index (χ1v) is 13.1. The van der Waals surface area contributed by atoms with Gasteiger partial charge >= 0.3 is 5.97 Å². The van der Waals surface area contributed by atoms with Crippen LogP contribution in [0.15, 0.2) is 24.3 Å². The molecule has 2 amide bonds.